The van der Waals surface area contributed by atoms with Crippen molar-refractivity contribution in [3.05, 3.63) is 42.7 Å². The zero-order chi connectivity index (χ0) is 16.3. The number of anilines is 1. The summed E-state index contributed by atoms with van der Waals surface area (Å²) >= 11 is 0. The molecular formula is C15H18N4O3S. The van der Waals surface area contributed by atoms with Gasteiger partial charge < -0.3 is 4.90 Å². The maximum Gasteiger partial charge on any atom is 0.240 e. The zero-order valence-electron chi connectivity index (χ0n) is 12.6. The predicted octanol–water partition coefficient (Wildman–Crippen LogP) is 0.988. The molecule has 1 aromatic carbocycles. The molecule has 1 fully saturated rings. The molecule has 23 heavy (non-hydrogen) atoms. The molecule has 0 bridgehead atoms. The van der Waals surface area contributed by atoms with Crippen molar-refractivity contribution < 1.29 is 13.2 Å². The standard InChI is InChI=1S/C15H18N4O3S/c20-15-3-1-11-19(15)13-4-6-14(7-5-13)23(21,22)17-9-12-18-10-2-8-16-18/h2,4-8,10,17H,1,3,9,11-12H2. The summed E-state index contributed by atoms with van der Waals surface area (Å²) in [6, 6.07) is 8.18. The van der Waals surface area contributed by atoms with Crippen LogP contribution in [0.15, 0.2) is 47.6 Å². The van der Waals surface area contributed by atoms with Crippen molar-refractivity contribution in [1.82, 2.24) is 14.5 Å². The number of hydrogen-bond donors (Lipinski definition) is 1. The highest BCUT2D eigenvalue weighted by Crippen LogP contribution is 2.22. The van der Waals surface area contributed by atoms with E-state index in [0.29, 0.717) is 19.5 Å². The van der Waals surface area contributed by atoms with Crippen LogP contribution >= 0.6 is 0 Å². The van der Waals surface area contributed by atoms with Crippen molar-refractivity contribution >= 4 is 21.6 Å². The molecular weight excluding hydrogens is 316 g/mol. The summed E-state index contributed by atoms with van der Waals surface area (Å²) in [6.45, 7) is 1.41. The predicted molar refractivity (Wildman–Crippen MR) is 85.4 cm³/mol. The minimum absolute atomic E-state index is 0.0814. The van der Waals surface area contributed by atoms with Crippen molar-refractivity contribution in [1.29, 1.82) is 0 Å². The van der Waals surface area contributed by atoms with E-state index < -0.39 is 10.0 Å². The molecule has 1 amide bonds. The first-order valence-corrected chi connectivity index (χ1v) is 8.92. The normalized spacial score (nSPS) is 15.3. The number of amides is 1. The zero-order valence-corrected chi connectivity index (χ0v) is 13.4. The maximum absolute atomic E-state index is 12.2. The van der Waals surface area contributed by atoms with E-state index in [1.807, 2.05) is 0 Å². The van der Waals surface area contributed by atoms with Gasteiger partial charge in [0.1, 0.15) is 0 Å². The van der Waals surface area contributed by atoms with E-state index in [9.17, 15) is 13.2 Å². The highest BCUT2D eigenvalue weighted by Gasteiger charge is 2.22. The van der Waals surface area contributed by atoms with Crippen LogP contribution in [0.4, 0.5) is 5.69 Å². The molecule has 7 nitrogen and oxygen atoms in total. The number of sulfonamides is 1. The molecule has 0 atom stereocenters. The van der Waals surface area contributed by atoms with Crippen LogP contribution in [0, 0.1) is 0 Å². The molecule has 0 saturated carbocycles. The largest absolute Gasteiger partial charge is 0.312 e. The fraction of sp³-hybridized carbons (Fsp3) is 0.333. The molecule has 1 aromatic heterocycles. The van der Waals surface area contributed by atoms with Crippen molar-refractivity contribution in [3.8, 4) is 0 Å². The minimum atomic E-state index is -3.56. The highest BCUT2D eigenvalue weighted by molar-refractivity contribution is 7.89. The summed E-state index contributed by atoms with van der Waals surface area (Å²) in [7, 11) is -3.56. The van der Waals surface area contributed by atoms with Gasteiger partial charge in [0, 0.05) is 37.6 Å². The SMILES string of the molecule is O=C1CCCN1c1ccc(S(=O)(=O)NCCn2cccn2)cc1. The topological polar surface area (TPSA) is 84.3 Å². The van der Waals surface area contributed by atoms with Crippen LogP contribution in [0.2, 0.25) is 0 Å². The van der Waals surface area contributed by atoms with Gasteiger partial charge in [0.05, 0.1) is 11.4 Å². The quantitative estimate of drug-likeness (QED) is 0.854. The van der Waals surface area contributed by atoms with Crippen molar-refractivity contribution in [2.24, 2.45) is 0 Å². The first-order valence-electron chi connectivity index (χ1n) is 7.44. The number of carbonyl (C=O) groups excluding carboxylic acids is 1. The lowest BCUT2D eigenvalue weighted by Gasteiger charge is -2.16. The van der Waals surface area contributed by atoms with Gasteiger partial charge in [-0.1, -0.05) is 0 Å². The van der Waals surface area contributed by atoms with E-state index in [0.717, 1.165) is 12.1 Å². The van der Waals surface area contributed by atoms with E-state index in [-0.39, 0.29) is 17.3 Å². The van der Waals surface area contributed by atoms with Gasteiger partial charge in [-0.3, -0.25) is 9.48 Å². The minimum Gasteiger partial charge on any atom is -0.312 e. The molecule has 0 radical (unpaired) electrons. The van der Waals surface area contributed by atoms with Gasteiger partial charge in [-0.05, 0) is 36.8 Å². The molecule has 2 aromatic rings. The number of aromatic nitrogens is 2. The van der Waals surface area contributed by atoms with Crippen molar-refractivity contribution in [2.45, 2.75) is 24.3 Å². The Labute approximate surface area is 135 Å². The fourth-order valence-electron chi connectivity index (χ4n) is 2.54. The summed E-state index contributed by atoms with van der Waals surface area (Å²) in [5.41, 5.74) is 0.739. The molecule has 0 spiro atoms. The number of carbonyl (C=O) groups is 1. The Balaban J connectivity index is 1.64. The first kappa shape index (κ1) is 15.7. The first-order chi connectivity index (χ1) is 11.1. The van der Waals surface area contributed by atoms with E-state index in [2.05, 4.69) is 9.82 Å². The Morgan fingerprint density at radius 3 is 2.61 bits per heavy atom. The van der Waals surface area contributed by atoms with Gasteiger partial charge in [0.2, 0.25) is 15.9 Å². The number of rotatable bonds is 6. The smallest absolute Gasteiger partial charge is 0.240 e. The van der Waals surface area contributed by atoms with E-state index in [1.54, 1.807) is 40.2 Å². The number of nitrogens with one attached hydrogen (secondary N) is 1. The Bertz CT molecular complexity index is 770. The Hall–Kier alpha value is -2.19. The van der Waals surface area contributed by atoms with Crippen molar-refractivity contribution in [3.63, 3.8) is 0 Å². The molecule has 1 N–H and O–H groups in total. The second kappa shape index (κ2) is 6.51. The van der Waals surface area contributed by atoms with Gasteiger partial charge in [0.25, 0.3) is 0 Å². The van der Waals surface area contributed by atoms with Crippen LogP contribution in [0.1, 0.15) is 12.8 Å². The number of benzene rings is 1. The van der Waals surface area contributed by atoms with Gasteiger partial charge in [-0.15, -0.1) is 0 Å². The average Bonchev–Trinajstić information content (AvgIpc) is 3.19. The lowest BCUT2D eigenvalue weighted by Crippen LogP contribution is -2.28. The lowest BCUT2D eigenvalue weighted by molar-refractivity contribution is -0.117. The molecule has 2 heterocycles. The van der Waals surface area contributed by atoms with Crippen LogP contribution < -0.4 is 9.62 Å². The molecule has 1 aliphatic rings. The lowest BCUT2D eigenvalue weighted by atomic mass is 10.3. The van der Waals surface area contributed by atoms with Crippen LogP contribution in [0.25, 0.3) is 0 Å². The highest BCUT2D eigenvalue weighted by atomic mass is 32.2. The second-order valence-corrected chi connectivity index (χ2v) is 7.08. The Morgan fingerprint density at radius 1 is 1.22 bits per heavy atom. The summed E-state index contributed by atoms with van der Waals surface area (Å²) in [6.07, 6.45) is 4.81. The maximum atomic E-state index is 12.2. The number of hydrogen-bond acceptors (Lipinski definition) is 4. The summed E-state index contributed by atoms with van der Waals surface area (Å²) < 4.78 is 28.7. The third kappa shape index (κ3) is 3.59. The summed E-state index contributed by atoms with van der Waals surface area (Å²) in [4.78, 5) is 13.6. The third-order valence-corrected chi connectivity index (χ3v) is 5.20. The fourth-order valence-corrected chi connectivity index (χ4v) is 3.56. The van der Waals surface area contributed by atoms with Gasteiger partial charge in [-0.25, -0.2) is 13.1 Å². The van der Waals surface area contributed by atoms with Gasteiger partial charge >= 0.3 is 0 Å². The molecule has 1 aliphatic heterocycles. The molecule has 0 aliphatic carbocycles. The third-order valence-electron chi connectivity index (χ3n) is 3.72. The molecule has 1 saturated heterocycles. The molecule has 3 rings (SSSR count). The average molecular weight is 334 g/mol. The van der Waals surface area contributed by atoms with Gasteiger partial charge in [-0.2, -0.15) is 5.10 Å². The number of nitrogens with zero attached hydrogens (tertiary/aromatic N) is 3. The van der Waals surface area contributed by atoms with Gasteiger partial charge in [0.15, 0.2) is 0 Å². The molecule has 0 unspecified atom stereocenters. The van der Waals surface area contributed by atoms with Crippen molar-refractivity contribution in [2.75, 3.05) is 18.0 Å². The molecule has 122 valence electrons. The van der Waals surface area contributed by atoms with E-state index in [1.165, 1.54) is 12.1 Å². The monoisotopic (exact) mass is 334 g/mol. The van der Waals surface area contributed by atoms with Crippen LogP contribution in [0.3, 0.4) is 0 Å². The summed E-state index contributed by atoms with van der Waals surface area (Å²) in [5.74, 6) is 0.0814. The second-order valence-electron chi connectivity index (χ2n) is 5.31. The van der Waals surface area contributed by atoms with Crippen LogP contribution in [0.5, 0.6) is 0 Å². The Morgan fingerprint density at radius 2 is 2.00 bits per heavy atom. The summed E-state index contributed by atoms with van der Waals surface area (Å²) in [5, 5.41) is 4.02. The molecule has 8 heteroatoms. The van der Waals surface area contributed by atoms with E-state index >= 15 is 0 Å². The van der Waals surface area contributed by atoms with E-state index in [4.69, 9.17) is 0 Å². The van der Waals surface area contributed by atoms with Crippen LogP contribution in [-0.4, -0.2) is 37.2 Å². The Kier molecular flexibility index (Phi) is 4.44. The van der Waals surface area contributed by atoms with Crippen LogP contribution in [-0.2, 0) is 21.4 Å².